The van der Waals surface area contributed by atoms with E-state index in [1.165, 1.54) is 11.8 Å². The molecule has 4 rings (SSSR count). The molecule has 1 aromatic heterocycles. The second-order valence-corrected chi connectivity index (χ2v) is 14.4. The number of aliphatic hydroxyl groups excluding tert-OH is 1. The van der Waals surface area contributed by atoms with Gasteiger partial charge in [0, 0.05) is 43.9 Å². The minimum Gasteiger partial charge on any atom is -0.441 e. The molecule has 11 heteroatoms. The van der Waals surface area contributed by atoms with E-state index in [-0.39, 0.29) is 42.6 Å². The van der Waals surface area contributed by atoms with Crippen molar-refractivity contribution in [3.8, 4) is 0 Å². The number of hydrogen-bond acceptors (Lipinski definition) is 7. The first kappa shape index (κ1) is 27.4. The molecule has 1 amide bonds. The van der Waals surface area contributed by atoms with Crippen LogP contribution in [0.4, 0.5) is 9.80 Å². The van der Waals surface area contributed by atoms with E-state index in [4.69, 9.17) is 14.6 Å². The van der Waals surface area contributed by atoms with Gasteiger partial charge in [0.1, 0.15) is 0 Å². The van der Waals surface area contributed by atoms with E-state index in [0.29, 0.717) is 25.1 Å². The van der Waals surface area contributed by atoms with E-state index in [1.807, 2.05) is 30.5 Å². The molecule has 9 nitrogen and oxygen atoms in total. The highest BCUT2D eigenvalue weighted by atomic mass is 28.4. The molecule has 37 heavy (non-hydrogen) atoms. The van der Waals surface area contributed by atoms with Crippen LogP contribution in [0.25, 0.3) is 0 Å². The summed E-state index contributed by atoms with van der Waals surface area (Å²) in [7, 11) is -2.97. The Kier molecular flexibility index (Phi) is 8.45. The Balaban J connectivity index is 1.35. The van der Waals surface area contributed by atoms with Gasteiger partial charge in [-0.3, -0.25) is 19.2 Å². The number of β-lactam (4-membered cyclic amide) rings is 1. The summed E-state index contributed by atoms with van der Waals surface area (Å²) in [4.78, 5) is 24.8. The molecule has 0 radical (unpaired) electrons. The standard InChI is InChI=1S/C26H37FN4O5Si/c1-17-22(10-7-19-5-8-21(9-6-19)31-24(34)15-25(31)35-18(2)33)36-23(26(17)37(3,4)27)11-13-30-16-20(12-14-32)28-29-30/h5-6,8-9,16-17,22-23,25-26,32H,7,10-15H2,1-4H3/t17-,22+,23-,25?,26+/m0/s1. The molecule has 2 saturated heterocycles. The van der Waals surface area contributed by atoms with Gasteiger partial charge in [-0.2, -0.15) is 0 Å². The molecule has 5 atom stereocenters. The number of carbonyl (C=O) groups excluding carboxylic acids is 2. The molecule has 1 unspecified atom stereocenters. The molecule has 2 aliphatic rings. The summed E-state index contributed by atoms with van der Waals surface area (Å²) >= 11 is 0. The number of amides is 1. The number of nitrogens with zero attached hydrogens (tertiary/aromatic N) is 4. The van der Waals surface area contributed by atoms with Crippen molar-refractivity contribution in [1.82, 2.24) is 15.0 Å². The second-order valence-electron chi connectivity index (χ2n) is 10.6. The maximum atomic E-state index is 15.4. The first-order valence-electron chi connectivity index (χ1n) is 13.0. The van der Waals surface area contributed by atoms with Crippen LogP contribution >= 0.6 is 0 Å². The number of carbonyl (C=O) groups is 2. The quantitative estimate of drug-likeness (QED) is 0.205. The minimum absolute atomic E-state index is 0.0290. The number of aryl methyl sites for hydroxylation is 2. The number of aromatic nitrogens is 3. The molecule has 0 saturated carbocycles. The largest absolute Gasteiger partial charge is 0.441 e. The van der Waals surface area contributed by atoms with Crippen LogP contribution in [0.2, 0.25) is 18.6 Å². The zero-order valence-corrected chi connectivity index (χ0v) is 23.0. The number of halogens is 1. The summed E-state index contributed by atoms with van der Waals surface area (Å²) in [5, 5.41) is 17.3. The van der Waals surface area contributed by atoms with E-state index in [2.05, 4.69) is 17.2 Å². The van der Waals surface area contributed by atoms with Crippen molar-refractivity contribution in [1.29, 1.82) is 0 Å². The van der Waals surface area contributed by atoms with E-state index < -0.39 is 20.6 Å². The molecule has 1 N–H and O–H groups in total. The third-order valence-corrected chi connectivity index (χ3v) is 9.92. The Morgan fingerprint density at radius 1 is 1.22 bits per heavy atom. The predicted octanol–water partition coefficient (Wildman–Crippen LogP) is 3.41. The molecular formula is C26H37FN4O5Si. The average Bonchev–Trinajstić information content (AvgIpc) is 3.40. The number of anilines is 1. The molecule has 3 heterocycles. The molecule has 2 aromatic rings. The first-order valence-corrected chi connectivity index (χ1v) is 15.9. The van der Waals surface area contributed by atoms with Gasteiger partial charge in [-0.05, 0) is 56.0 Å². The van der Waals surface area contributed by atoms with Crippen LogP contribution in [0.5, 0.6) is 0 Å². The topological polar surface area (TPSA) is 107 Å². The van der Waals surface area contributed by atoms with Gasteiger partial charge in [-0.15, -0.1) is 5.10 Å². The monoisotopic (exact) mass is 532 g/mol. The minimum atomic E-state index is -2.97. The molecule has 2 fully saturated rings. The number of hydrogen-bond donors (Lipinski definition) is 1. The molecule has 2 aliphatic heterocycles. The highest BCUT2D eigenvalue weighted by Gasteiger charge is 2.50. The Bertz CT molecular complexity index is 1090. The van der Waals surface area contributed by atoms with Gasteiger partial charge in [0.15, 0.2) is 6.23 Å². The van der Waals surface area contributed by atoms with E-state index in [1.54, 1.807) is 17.8 Å². The van der Waals surface area contributed by atoms with E-state index in [9.17, 15) is 9.59 Å². The molecule has 202 valence electrons. The van der Waals surface area contributed by atoms with Crippen LogP contribution in [0.15, 0.2) is 30.5 Å². The maximum Gasteiger partial charge on any atom is 0.304 e. The summed E-state index contributed by atoms with van der Waals surface area (Å²) in [5.41, 5.74) is 2.45. The zero-order valence-electron chi connectivity index (χ0n) is 22.0. The third kappa shape index (κ3) is 6.45. The van der Waals surface area contributed by atoms with Gasteiger partial charge in [0.05, 0.1) is 24.3 Å². The summed E-state index contributed by atoms with van der Waals surface area (Å²) in [5.74, 6) is -0.369. The normalized spacial score (nSPS) is 25.8. The number of benzene rings is 1. The van der Waals surface area contributed by atoms with Crippen LogP contribution in [-0.4, -0.2) is 65.4 Å². The van der Waals surface area contributed by atoms with Crippen LogP contribution in [0, 0.1) is 5.92 Å². The number of aliphatic hydroxyl groups is 1. The molecular weight excluding hydrogens is 495 g/mol. The maximum absolute atomic E-state index is 15.4. The molecule has 0 aliphatic carbocycles. The van der Waals surface area contributed by atoms with Gasteiger partial charge >= 0.3 is 5.97 Å². The summed E-state index contributed by atoms with van der Waals surface area (Å²) in [6.45, 7) is 7.59. The van der Waals surface area contributed by atoms with Crippen molar-refractivity contribution < 1.29 is 28.3 Å². The van der Waals surface area contributed by atoms with Gasteiger partial charge in [0.2, 0.25) is 14.3 Å². The van der Waals surface area contributed by atoms with Crippen LogP contribution in [0.1, 0.15) is 44.4 Å². The number of esters is 1. The van der Waals surface area contributed by atoms with Crippen LogP contribution in [-0.2, 0) is 38.4 Å². The third-order valence-electron chi connectivity index (χ3n) is 7.43. The Morgan fingerprint density at radius 3 is 2.57 bits per heavy atom. The van der Waals surface area contributed by atoms with Crippen molar-refractivity contribution >= 4 is 26.0 Å². The summed E-state index contributed by atoms with van der Waals surface area (Å²) in [6, 6.07) is 7.69. The van der Waals surface area contributed by atoms with Gasteiger partial charge in [0.25, 0.3) is 0 Å². The Labute approximate surface area is 218 Å². The van der Waals surface area contributed by atoms with Gasteiger partial charge in [-0.1, -0.05) is 24.3 Å². The van der Waals surface area contributed by atoms with Crippen molar-refractivity contribution in [2.24, 2.45) is 5.92 Å². The van der Waals surface area contributed by atoms with Crippen molar-refractivity contribution in [2.45, 2.75) is 89.6 Å². The lowest BCUT2D eigenvalue weighted by molar-refractivity contribution is -0.153. The smallest absolute Gasteiger partial charge is 0.304 e. The fraction of sp³-hybridized carbons (Fsp3) is 0.615. The first-order chi connectivity index (χ1) is 17.6. The summed E-state index contributed by atoms with van der Waals surface area (Å²) in [6.07, 6.45) is 3.96. The Hall–Kier alpha value is -2.63. The number of rotatable bonds is 11. The SMILES string of the molecule is CC(=O)OC1CC(=O)N1c1ccc(CC[C@H]2O[C@@H](CCn3cc(CCO)nn3)[C@H]([Si](C)(C)F)[C@H]2C)cc1. The highest BCUT2D eigenvalue weighted by molar-refractivity contribution is 6.72. The summed E-state index contributed by atoms with van der Waals surface area (Å²) < 4.78 is 28.8. The lowest BCUT2D eigenvalue weighted by atomic mass is 9.95. The lowest BCUT2D eigenvalue weighted by Crippen LogP contribution is -2.54. The van der Waals surface area contributed by atoms with E-state index >= 15 is 4.11 Å². The number of ether oxygens (including phenoxy) is 2. The van der Waals surface area contributed by atoms with Crippen molar-refractivity contribution in [3.05, 3.63) is 41.7 Å². The van der Waals surface area contributed by atoms with Gasteiger partial charge in [-0.25, -0.2) is 0 Å². The van der Waals surface area contributed by atoms with E-state index in [0.717, 1.165) is 24.1 Å². The molecule has 0 spiro atoms. The molecule has 1 aromatic carbocycles. The average molecular weight is 533 g/mol. The fourth-order valence-electron chi connectivity index (χ4n) is 5.70. The predicted molar refractivity (Wildman–Crippen MR) is 138 cm³/mol. The second kappa shape index (κ2) is 11.4. The van der Waals surface area contributed by atoms with Crippen molar-refractivity contribution in [2.75, 3.05) is 11.5 Å². The highest BCUT2D eigenvalue weighted by Crippen LogP contribution is 2.47. The van der Waals surface area contributed by atoms with Gasteiger partial charge < -0.3 is 18.7 Å². The molecule has 0 bridgehead atoms. The lowest BCUT2D eigenvalue weighted by Gasteiger charge is -2.39. The van der Waals surface area contributed by atoms with Crippen LogP contribution < -0.4 is 4.90 Å². The fourth-order valence-corrected chi connectivity index (χ4v) is 8.29. The zero-order chi connectivity index (χ0) is 26.7. The van der Waals surface area contributed by atoms with Crippen LogP contribution in [0.3, 0.4) is 0 Å². The Morgan fingerprint density at radius 2 is 1.95 bits per heavy atom. The van der Waals surface area contributed by atoms with Crippen molar-refractivity contribution in [3.63, 3.8) is 0 Å².